The van der Waals surface area contributed by atoms with E-state index in [1.54, 1.807) is 19.9 Å². The molecule has 1 aromatic carbocycles. The molecule has 1 aromatic rings. The Hall–Kier alpha value is -2.97. The standard InChI is InChI=1S/C16H21N3O6/c1-3-25-14(21)7-10(2)15(16(17)22)18-13(20)9-11-5-4-6-12(8-11)19(23)24/h4-6,8,10,15H,3,7,9H2,1-2H3,(H2,17,22)(H,18,20)/t10-,15-/m1/s1. The highest BCUT2D eigenvalue weighted by Crippen LogP contribution is 2.14. The fourth-order valence-corrected chi connectivity index (χ4v) is 2.28. The van der Waals surface area contributed by atoms with E-state index >= 15 is 0 Å². The van der Waals surface area contributed by atoms with E-state index in [-0.39, 0.29) is 25.1 Å². The van der Waals surface area contributed by atoms with Crippen molar-refractivity contribution in [1.82, 2.24) is 5.32 Å². The van der Waals surface area contributed by atoms with E-state index in [0.717, 1.165) is 0 Å². The van der Waals surface area contributed by atoms with Gasteiger partial charge in [0.15, 0.2) is 0 Å². The average molecular weight is 351 g/mol. The number of nitro benzene ring substituents is 1. The number of nitro groups is 1. The first-order valence-electron chi connectivity index (χ1n) is 7.72. The highest BCUT2D eigenvalue weighted by atomic mass is 16.6. The minimum Gasteiger partial charge on any atom is -0.466 e. The maximum Gasteiger partial charge on any atom is 0.306 e. The molecule has 136 valence electrons. The second kappa shape index (κ2) is 9.36. The first kappa shape index (κ1) is 20.1. The van der Waals surface area contributed by atoms with Crippen LogP contribution in [0, 0.1) is 16.0 Å². The molecule has 3 N–H and O–H groups in total. The number of esters is 1. The Kier molecular flexibility index (Phi) is 7.51. The molecule has 0 aromatic heterocycles. The number of nitrogens with two attached hydrogens (primary N) is 1. The summed E-state index contributed by atoms with van der Waals surface area (Å²) >= 11 is 0. The lowest BCUT2D eigenvalue weighted by Gasteiger charge is -2.21. The number of hydrogen-bond donors (Lipinski definition) is 2. The molecule has 0 saturated carbocycles. The number of hydrogen-bond acceptors (Lipinski definition) is 6. The number of benzene rings is 1. The monoisotopic (exact) mass is 351 g/mol. The number of nitrogens with zero attached hydrogens (tertiary/aromatic N) is 1. The number of nitrogens with one attached hydrogen (secondary N) is 1. The predicted octanol–water partition coefficient (Wildman–Crippen LogP) is 0.697. The average Bonchev–Trinajstić information content (AvgIpc) is 2.52. The molecule has 0 aliphatic carbocycles. The van der Waals surface area contributed by atoms with Crippen molar-refractivity contribution in [2.24, 2.45) is 11.7 Å². The van der Waals surface area contributed by atoms with Gasteiger partial charge in [0.05, 0.1) is 24.4 Å². The van der Waals surface area contributed by atoms with Crippen LogP contribution in [-0.2, 0) is 25.5 Å². The van der Waals surface area contributed by atoms with Crippen molar-refractivity contribution in [3.63, 3.8) is 0 Å². The summed E-state index contributed by atoms with van der Waals surface area (Å²) in [5.74, 6) is -2.34. The second-order valence-corrected chi connectivity index (χ2v) is 5.54. The van der Waals surface area contributed by atoms with Crippen LogP contribution in [0.3, 0.4) is 0 Å². The van der Waals surface area contributed by atoms with Crippen molar-refractivity contribution in [2.45, 2.75) is 32.7 Å². The van der Waals surface area contributed by atoms with Gasteiger partial charge in [-0.05, 0) is 18.4 Å². The highest BCUT2D eigenvalue weighted by Gasteiger charge is 2.27. The number of carbonyl (C=O) groups is 3. The maximum atomic E-state index is 12.1. The third-order valence-corrected chi connectivity index (χ3v) is 3.47. The molecule has 0 saturated heterocycles. The number of ether oxygens (including phenoxy) is 1. The minimum atomic E-state index is -1.05. The van der Waals surface area contributed by atoms with Gasteiger partial charge in [-0.15, -0.1) is 0 Å². The van der Waals surface area contributed by atoms with E-state index in [9.17, 15) is 24.5 Å². The van der Waals surface area contributed by atoms with E-state index < -0.39 is 34.7 Å². The summed E-state index contributed by atoms with van der Waals surface area (Å²) in [7, 11) is 0. The summed E-state index contributed by atoms with van der Waals surface area (Å²) < 4.78 is 4.81. The van der Waals surface area contributed by atoms with E-state index in [1.807, 2.05) is 0 Å². The number of rotatable bonds is 9. The van der Waals surface area contributed by atoms with Crippen molar-refractivity contribution < 1.29 is 24.0 Å². The van der Waals surface area contributed by atoms with Crippen LogP contribution in [0.2, 0.25) is 0 Å². The lowest BCUT2D eigenvalue weighted by atomic mass is 9.97. The molecule has 9 nitrogen and oxygen atoms in total. The molecule has 2 amide bonds. The van der Waals surface area contributed by atoms with E-state index in [2.05, 4.69) is 5.32 Å². The molecule has 0 heterocycles. The van der Waals surface area contributed by atoms with E-state index in [0.29, 0.717) is 5.56 Å². The third kappa shape index (κ3) is 6.58. The molecule has 0 fully saturated rings. The van der Waals surface area contributed by atoms with Crippen molar-refractivity contribution in [1.29, 1.82) is 0 Å². The van der Waals surface area contributed by atoms with Crippen LogP contribution in [-0.4, -0.2) is 35.4 Å². The van der Waals surface area contributed by atoms with Gasteiger partial charge < -0.3 is 15.8 Å². The van der Waals surface area contributed by atoms with Gasteiger partial charge in [0, 0.05) is 12.1 Å². The van der Waals surface area contributed by atoms with Crippen molar-refractivity contribution >= 4 is 23.5 Å². The molecule has 0 aliphatic rings. The number of primary amides is 1. The topological polar surface area (TPSA) is 142 Å². The minimum absolute atomic E-state index is 0.0709. The first-order chi connectivity index (χ1) is 11.7. The summed E-state index contributed by atoms with van der Waals surface area (Å²) in [4.78, 5) is 45.4. The van der Waals surface area contributed by atoms with Gasteiger partial charge in [0.25, 0.3) is 5.69 Å². The number of carbonyl (C=O) groups excluding carboxylic acids is 3. The summed E-state index contributed by atoms with van der Waals surface area (Å²) in [5.41, 5.74) is 5.59. The lowest BCUT2D eigenvalue weighted by Crippen LogP contribution is -2.49. The molecule has 1 rings (SSSR count). The molecular formula is C16H21N3O6. The molecule has 0 bridgehead atoms. The molecule has 0 spiro atoms. The molecule has 0 unspecified atom stereocenters. The zero-order chi connectivity index (χ0) is 19.0. The predicted molar refractivity (Wildman–Crippen MR) is 88.3 cm³/mol. The van der Waals surface area contributed by atoms with Crippen molar-refractivity contribution in [2.75, 3.05) is 6.61 Å². The first-order valence-corrected chi connectivity index (χ1v) is 7.72. The van der Waals surface area contributed by atoms with Gasteiger partial charge in [-0.1, -0.05) is 19.1 Å². The van der Waals surface area contributed by atoms with Crippen LogP contribution in [0.5, 0.6) is 0 Å². The van der Waals surface area contributed by atoms with Gasteiger partial charge in [-0.3, -0.25) is 24.5 Å². The summed E-state index contributed by atoms with van der Waals surface area (Å²) in [6, 6.07) is 4.58. The van der Waals surface area contributed by atoms with Crippen LogP contribution < -0.4 is 11.1 Å². The fraction of sp³-hybridized carbons (Fsp3) is 0.438. The Morgan fingerprint density at radius 1 is 1.36 bits per heavy atom. The zero-order valence-electron chi connectivity index (χ0n) is 14.1. The SMILES string of the molecule is CCOC(=O)C[C@@H](C)[C@@H](NC(=O)Cc1cccc([N+](=O)[O-])c1)C(N)=O. The zero-order valence-corrected chi connectivity index (χ0v) is 14.1. The number of non-ortho nitro benzene ring substituents is 1. The quantitative estimate of drug-likeness (QED) is 0.381. The Balaban J connectivity index is 2.73. The summed E-state index contributed by atoms with van der Waals surface area (Å²) in [5, 5.41) is 13.2. The molecule has 0 radical (unpaired) electrons. The Bertz CT molecular complexity index is 661. The largest absolute Gasteiger partial charge is 0.466 e. The summed E-state index contributed by atoms with van der Waals surface area (Å²) in [6.45, 7) is 3.47. The lowest BCUT2D eigenvalue weighted by molar-refractivity contribution is -0.384. The smallest absolute Gasteiger partial charge is 0.306 e. The maximum absolute atomic E-state index is 12.1. The molecular weight excluding hydrogens is 330 g/mol. The summed E-state index contributed by atoms with van der Waals surface area (Å²) in [6.07, 6.45) is -0.226. The Morgan fingerprint density at radius 2 is 2.04 bits per heavy atom. The third-order valence-electron chi connectivity index (χ3n) is 3.47. The van der Waals surface area contributed by atoms with Gasteiger partial charge >= 0.3 is 5.97 Å². The highest BCUT2D eigenvalue weighted by molar-refractivity contribution is 5.88. The van der Waals surface area contributed by atoms with Gasteiger partial charge in [-0.25, -0.2) is 0 Å². The van der Waals surface area contributed by atoms with Gasteiger partial charge in [0.1, 0.15) is 6.04 Å². The second-order valence-electron chi connectivity index (χ2n) is 5.54. The molecule has 9 heteroatoms. The van der Waals surface area contributed by atoms with Crippen LogP contribution >= 0.6 is 0 Å². The van der Waals surface area contributed by atoms with Crippen molar-refractivity contribution in [3.8, 4) is 0 Å². The van der Waals surface area contributed by atoms with Crippen LogP contribution in [0.15, 0.2) is 24.3 Å². The number of amides is 2. The van der Waals surface area contributed by atoms with Crippen LogP contribution in [0.4, 0.5) is 5.69 Å². The van der Waals surface area contributed by atoms with E-state index in [1.165, 1.54) is 18.2 Å². The Morgan fingerprint density at radius 3 is 2.60 bits per heavy atom. The van der Waals surface area contributed by atoms with Gasteiger partial charge in [0.2, 0.25) is 11.8 Å². The van der Waals surface area contributed by atoms with Crippen LogP contribution in [0.1, 0.15) is 25.8 Å². The Labute approximate surface area is 144 Å². The molecule has 0 aliphatic heterocycles. The molecule has 25 heavy (non-hydrogen) atoms. The fourth-order valence-electron chi connectivity index (χ4n) is 2.28. The van der Waals surface area contributed by atoms with Crippen LogP contribution in [0.25, 0.3) is 0 Å². The van der Waals surface area contributed by atoms with Gasteiger partial charge in [-0.2, -0.15) is 0 Å². The van der Waals surface area contributed by atoms with E-state index in [4.69, 9.17) is 10.5 Å². The van der Waals surface area contributed by atoms with Crippen molar-refractivity contribution in [3.05, 3.63) is 39.9 Å². The normalized spacial score (nSPS) is 12.7. The molecule has 2 atom stereocenters.